The predicted octanol–water partition coefficient (Wildman–Crippen LogP) is 5.77. The molecular formula is C27H21FN2O4S. The lowest BCUT2D eigenvalue weighted by molar-refractivity contribution is -0.132. The van der Waals surface area contributed by atoms with Crippen LogP contribution in [0.2, 0.25) is 0 Å². The Kier molecular flexibility index (Phi) is 5.82. The van der Waals surface area contributed by atoms with E-state index in [-0.39, 0.29) is 16.5 Å². The minimum atomic E-state index is -0.896. The van der Waals surface area contributed by atoms with Crippen LogP contribution in [-0.2, 0) is 9.59 Å². The van der Waals surface area contributed by atoms with E-state index in [0.717, 1.165) is 16.9 Å². The first-order valence-corrected chi connectivity index (χ1v) is 11.9. The maximum atomic E-state index is 13.8. The van der Waals surface area contributed by atoms with Crippen molar-refractivity contribution in [1.82, 2.24) is 4.98 Å². The largest absolute Gasteiger partial charge is 0.507 e. The molecule has 1 saturated heterocycles. The number of carbonyl (C=O) groups excluding carboxylic acids is 2. The number of amides is 1. The Hall–Kier alpha value is -4.04. The van der Waals surface area contributed by atoms with Crippen LogP contribution in [0, 0.1) is 12.7 Å². The van der Waals surface area contributed by atoms with Gasteiger partial charge in [-0.05, 0) is 61.9 Å². The fraction of sp³-hybridized carbons (Fsp3) is 0.148. The van der Waals surface area contributed by atoms with Gasteiger partial charge in [-0.1, -0.05) is 41.2 Å². The number of hydrogen-bond donors (Lipinski definition) is 1. The zero-order chi connectivity index (χ0) is 24.7. The summed E-state index contributed by atoms with van der Waals surface area (Å²) in [7, 11) is 0. The number of thiazole rings is 1. The van der Waals surface area contributed by atoms with Gasteiger partial charge in [-0.2, -0.15) is 0 Å². The number of Topliss-reactive ketones (excluding diaryl/α,β-unsaturated/α-hetero) is 1. The molecule has 0 aliphatic carbocycles. The molecule has 6 nitrogen and oxygen atoms in total. The van der Waals surface area contributed by atoms with Gasteiger partial charge in [0.25, 0.3) is 5.78 Å². The SMILES string of the molecule is CCOc1ccc(/C(O)=C2\C(=O)C(=O)N(c3nc4ccc(F)cc4s3)[C@@H]2c2ccc(C)cc2)cc1. The van der Waals surface area contributed by atoms with Gasteiger partial charge in [-0.25, -0.2) is 9.37 Å². The van der Waals surface area contributed by atoms with Gasteiger partial charge >= 0.3 is 5.91 Å². The molecule has 8 heteroatoms. The van der Waals surface area contributed by atoms with E-state index in [2.05, 4.69) is 4.98 Å². The molecule has 1 atom stereocenters. The smallest absolute Gasteiger partial charge is 0.301 e. The molecule has 5 rings (SSSR count). The Balaban J connectivity index is 1.68. The van der Waals surface area contributed by atoms with E-state index in [0.29, 0.717) is 33.7 Å². The average Bonchev–Trinajstić information content (AvgIpc) is 3.37. The fourth-order valence-electron chi connectivity index (χ4n) is 4.11. The second-order valence-electron chi connectivity index (χ2n) is 8.15. The van der Waals surface area contributed by atoms with E-state index < -0.39 is 23.5 Å². The number of nitrogens with zero attached hydrogens (tertiary/aromatic N) is 2. The molecule has 0 unspecified atom stereocenters. The lowest BCUT2D eigenvalue weighted by atomic mass is 9.95. The quantitative estimate of drug-likeness (QED) is 0.219. The number of aromatic nitrogens is 1. The number of carbonyl (C=O) groups is 2. The van der Waals surface area contributed by atoms with Crippen molar-refractivity contribution in [1.29, 1.82) is 0 Å². The predicted molar refractivity (Wildman–Crippen MR) is 133 cm³/mol. The first kappa shape index (κ1) is 22.7. The van der Waals surface area contributed by atoms with Crippen LogP contribution < -0.4 is 9.64 Å². The van der Waals surface area contributed by atoms with Crippen molar-refractivity contribution < 1.29 is 23.8 Å². The standard InChI is InChI=1S/C27H21FN2O4S/c1-3-34-19-11-8-17(9-12-19)24(31)22-23(16-6-4-15(2)5-7-16)30(26(33)25(22)32)27-29-20-13-10-18(28)14-21(20)35-27/h4-14,23,31H,3H2,1-2H3/b24-22+/t23-/m1/s1. The van der Waals surface area contributed by atoms with Crippen molar-refractivity contribution in [3.8, 4) is 5.75 Å². The summed E-state index contributed by atoms with van der Waals surface area (Å²) in [4.78, 5) is 32.3. The van der Waals surface area contributed by atoms with Crippen molar-refractivity contribution in [2.24, 2.45) is 0 Å². The van der Waals surface area contributed by atoms with Gasteiger partial charge < -0.3 is 9.84 Å². The summed E-state index contributed by atoms with van der Waals surface area (Å²) in [6.45, 7) is 4.30. The lowest BCUT2D eigenvalue weighted by Gasteiger charge is -2.23. The number of fused-ring (bicyclic) bond motifs is 1. The molecular weight excluding hydrogens is 467 g/mol. The van der Waals surface area contributed by atoms with E-state index in [1.165, 1.54) is 23.1 Å². The number of halogens is 1. The number of aryl methyl sites for hydroxylation is 1. The van der Waals surface area contributed by atoms with Crippen molar-refractivity contribution in [2.45, 2.75) is 19.9 Å². The summed E-state index contributed by atoms with van der Waals surface area (Å²) in [5.74, 6) is -1.69. The second-order valence-corrected chi connectivity index (χ2v) is 9.15. The van der Waals surface area contributed by atoms with Gasteiger partial charge in [0.15, 0.2) is 5.13 Å². The number of aliphatic hydroxyl groups is 1. The van der Waals surface area contributed by atoms with Gasteiger partial charge in [0.1, 0.15) is 17.3 Å². The summed E-state index contributed by atoms with van der Waals surface area (Å²) in [5.41, 5.74) is 2.52. The fourth-order valence-corrected chi connectivity index (χ4v) is 5.13. The van der Waals surface area contributed by atoms with Gasteiger partial charge in [0.05, 0.1) is 28.4 Å². The number of aliphatic hydroxyl groups excluding tert-OH is 1. The van der Waals surface area contributed by atoms with Crippen LogP contribution in [0.1, 0.15) is 29.7 Å². The third-order valence-electron chi connectivity index (χ3n) is 5.82. The highest BCUT2D eigenvalue weighted by Crippen LogP contribution is 2.44. The summed E-state index contributed by atoms with van der Waals surface area (Å²) in [6.07, 6.45) is 0. The molecule has 0 bridgehead atoms. The van der Waals surface area contributed by atoms with E-state index in [9.17, 15) is 19.1 Å². The third kappa shape index (κ3) is 4.06. The topological polar surface area (TPSA) is 79.7 Å². The van der Waals surface area contributed by atoms with Crippen LogP contribution in [-0.4, -0.2) is 28.4 Å². The highest BCUT2D eigenvalue weighted by molar-refractivity contribution is 7.22. The van der Waals surface area contributed by atoms with Gasteiger partial charge in [0.2, 0.25) is 0 Å². The van der Waals surface area contributed by atoms with Crippen LogP contribution in [0.25, 0.3) is 16.0 Å². The van der Waals surface area contributed by atoms with Crippen molar-refractivity contribution in [3.05, 3.63) is 94.8 Å². The van der Waals surface area contributed by atoms with E-state index in [1.807, 2.05) is 38.1 Å². The first-order chi connectivity index (χ1) is 16.9. The minimum absolute atomic E-state index is 0.0338. The molecule has 0 radical (unpaired) electrons. The molecule has 3 aromatic carbocycles. The molecule has 1 aliphatic heterocycles. The molecule has 2 heterocycles. The molecule has 1 aromatic heterocycles. The van der Waals surface area contributed by atoms with Crippen molar-refractivity contribution in [2.75, 3.05) is 11.5 Å². The molecule has 4 aromatic rings. The summed E-state index contributed by atoms with van der Waals surface area (Å²) in [6, 6.07) is 17.3. The Morgan fingerprint density at radius 2 is 1.80 bits per heavy atom. The number of hydrogen-bond acceptors (Lipinski definition) is 6. The normalized spacial score (nSPS) is 17.3. The molecule has 0 saturated carbocycles. The van der Waals surface area contributed by atoms with Crippen LogP contribution in [0.5, 0.6) is 5.75 Å². The number of benzene rings is 3. The Labute approximate surface area is 204 Å². The summed E-state index contributed by atoms with van der Waals surface area (Å²) < 4.78 is 19.8. The maximum absolute atomic E-state index is 13.8. The van der Waals surface area contributed by atoms with E-state index in [4.69, 9.17) is 4.74 Å². The van der Waals surface area contributed by atoms with Crippen molar-refractivity contribution in [3.63, 3.8) is 0 Å². The van der Waals surface area contributed by atoms with Gasteiger partial charge in [-0.15, -0.1) is 0 Å². The molecule has 1 N–H and O–H groups in total. The van der Waals surface area contributed by atoms with Crippen LogP contribution in [0.4, 0.5) is 9.52 Å². The monoisotopic (exact) mass is 488 g/mol. The highest BCUT2D eigenvalue weighted by atomic mass is 32.1. The van der Waals surface area contributed by atoms with Gasteiger partial charge in [-0.3, -0.25) is 14.5 Å². The Morgan fingerprint density at radius 3 is 2.49 bits per heavy atom. The molecule has 176 valence electrons. The number of ether oxygens (including phenoxy) is 1. The average molecular weight is 489 g/mol. The molecule has 1 aliphatic rings. The zero-order valence-corrected chi connectivity index (χ0v) is 19.8. The maximum Gasteiger partial charge on any atom is 0.301 e. The van der Waals surface area contributed by atoms with Crippen LogP contribution in [0.15, 0.2) is 72.3 Å². The van der Waals surface area contributed by atoms with Crippen molar-refractivity contribution >= 4 is 44.1 Å². The summed E-state index contributed by atoms with van der Waals surface area (Å²) in [5, 5.41) is 11.5. The van der Waals surface area contributed by atoms with Crippen LogP contribution >= 0.6 is 11.3 Å². The zero-order valence-electron chi connectivity index (χ0n) is 19.0. The summed E-state index contributed by atoms with van der Waals surface area (Å²) >= 11 is 1.11. The van der Waals surface area contributed by atoms with E-state index >= 15 is 0 Å². The molecule has 35 heavy (non-hydrogen) atoms. The number of anilines is 1. The van der Waals surface area contributed by atoms with Crippen LogP contribution in [0.3, 0.4) is 0 Å². The van der Waals surface area contributed by atoms with E-state index in [1.54, 1.807) is 24.3 Å². The molecule has 1 fully saturated rings. The number of ketones is 1. The highest BCUT2D eigenvalue weighted by Gasteiger charge is 2.48. The number of rotatable bonds is 5. The molecule has 1 amide bonds. The molecule has 0 spiro atoms. The lowest BCUT2D eigenvalue weighted by Crippen LogP contribution is -2.29. The second kappa shape index (κ2) is 8.96. The Bertz CT molecular complexity index is 1480. The third-order valence-corrected chi connectivity index (χ3v) is 6.84. The minimum Gasteiger partial charge on any atom is -0.507 e. The van der Waals surface area contributed by atoms with Gasteiger partial charge in [0, 0.05) is 5.56 Å². The first-order valence-electron chi connectivity index (χ1n) is 11.0. The Morgan fingerprint density at radius 1 is 1.09 bits per heavy atom.